The van der Waals surface area contributed by atoms with Gasteiger partial charge in [-0.1, -0.05) is 63.2 Å². The van der Waals surface area contributed by atoms with Crippen molar-refractivity contribution in [3.05, 3.63) is 89.0 Å². The van der Waals surface area contributed by atoms with Crippen molar-refractivity contribution in [1.29, 1.82) is 0 Å². The topological polar surface area (TPSA) is 80.8 Å². The number of hydrogen-bond acceptors (Lipinski definition) is 5. The van der Waals surface area contributed by atoms with E-state index >= 15 is 0 Å². The Bertz CT molecular complexity index is 1610. The van der Waals surface area contributed by atoms with Crippen LogP contribution >= 0.6 is 0 Å². The van der Waals surface area contributed by atoms with Crippen molar-refractivity contribution >= 4 is 21.8 Å². The highest BCUT2D eigenvalue weighted by Crippen LogP contribution is 2.53. The van der Waals surface area contributed by atoms with Gasteiger partial charge in [-0.2, -0.15) is 4.31 Å². The van der Waals surface area contributed by atoms with Gasteiger partial charge >= 0.3 is 5.97 Å². The average molecular weight is 544 g/mol. The minimum atomic E-state index is -3.78. The lowest BCUT2D eigenvalue weighted by atomic mass is 9.65. The first-order valence-electron chi connectivity index (χ1n) is 13.5. The second kappa shape index (κ2) is 9.14. The molecule has 7 heteroatoms. The van der Waals surface area contributed by atoms with Crippen molar-refractivity contribution in [3.63, 3.8) is 0 Å². The van der Waals surface area contributed by atoms with Crippen molar-refractivity contribution in [2.45, 2.75) is 57.4 Å². The Morgan fingerprint density at radius 1 is 0.897 bits per heavy atom. The maximum Gasteiger partial charge on any atom is 0.338 e. The molecule has 0 radical (unpaired) electrons. The minimum Gasteiger partial charge on any atom is -0.454 e. The maximum absolute atomic E-state index is 13.7. The predicted molar refractivity (Wildman–Crippen MR) is 149 cm³/mol. The van der Waals surface area contributed by atoms with E-state index in [4.69, 9.17) is 4.74 Å². The highest BCUT2D eigenvalue weighted by molar-refractivity contribution is 7.89. The van der Waals surface area contributed by atoms with Crippen LogP contribution in [-0.2, 0) is 21.2 Å². The van der Waals surface area contributed by atoms with Crippen LogP contribution in [0.15, 0.2) is 71.6 Å². The molecule has 3 aliphatic rings. The van der Waals surface area contributed by atoms with E-state index in [1.54, 1.807) is 16.4 Å². The van der Waals surface area contributed by atoms with E-state index in [1.165, 1.54) is 29.3 Å². The van der Waals surface area contributed by atoms with Crippen LogP contribution in [0.4, 0.5) is 0 Å². The van der Waals surface area contributed by atoms with Gasteiger partial charge < -0.3 is 4.74 Å². The van der Waals surface area contributed by atoms with Crippen molar-refractivity contribution in [2.24, 2.45) is 10.8 Å². The van der Waals surface area contributed by atoms with Crippen LogP contribution in [0.5, 0.6) is 0 Å². The number of carbonyl (C=O) groups is 2. The normalized spacial score (nSPS) is 23.2. The molecule has 39 heavy (non-hydrogen) atoms. The van der Waals surface area contributed by atoms with Gasteiger partial charge in [0.1, 0.15) is 0 Å². The second-order valence-corrected chi connectivity index (χ2v) is 14.4. The van der Waals surface area contributed by atoms with Gasteiger partial charge in [-0.3, -0.25) is 4.79 Å². The number of nitrogens with zero attached hydrogens (tertiary/aromatic N) is 1. The molecule has 1 aliphatic heterocycles. The predicted octanol–water partition coefficient (Wildman–Crippen LogP) is 5.89. The molecular formula is C32H33NO5S. The fraction of sp³-hybridized carbons (Fsp3) is 0.375. The summed E-state index contributed by atoms with van der Waals surface area (Å²) in [5, 5.41) is 0. The summed E-state index contributed by atoms with van der Waals surface area (Å²) < 4.78 is 34.3. The van der Waals surface area contributed by atoms with Crippen LogP contribution in [0, 0.1) is 10.8 Å². The molecule has 6 rings (SSSR count). The summed E-state index contributed by atoms with van der Waals surface area (Å²) in [4.78, 5) is 25.8. The Hall–Kier alpha value is -3.29. The molecule has 3 aromatic carbocycles. The first kappa shape index (κ1) is 26.0. The Kier molecular flexibility index (Phi) is 6.08. The number of hydrogen-bond donors (Lipinski definition) is 0. The Labute approximate surface area is 230 Å². The van der Waals surface area contributed by atoms with E-state index in [1.807, 2.05) is 30.3 Å². The molecule has 2 atom stereocenters. The van der Waals surface area contributed by atoms with E-state index in [-0.39, 0.29) is 33.1 Å². The van der Waals surface area contributed by atoms with E-state index in [0.29, 0.717) is 12.1 Å². The van der Waals surface area contributed by atoms with E-state index in [9.17, 15) is 18.0 Å². The summed E-state index contributed by atoms with van der Waals surface area (Å²) >= 11 is 0. The van der Waals surface area contributed by atoms with Gasteiger partial charge in [0.2, 0.25) is 10.0 Å². The van der Waals surface area contributed by atoms with Crippen molar-refractivity contribution in [1.82, 2.24) is 4.31 Å². The molecule has 1 saturated carbocycles. The fourth-order valence-electron chi connectivity index (χ4n) is 7.20. The number of fused-ring (bicyclic) bond motifs is 5. The van der Waals surface area contributed by atoms with Gasteiger partial charge in [-0.05, 0) is 83.0 Å². The number of Topliss-reactive ketones (excluding diaryl/α,β-unsaturated/α-hetero) is 1. The molecule has 2 aliphatic carbocycles. The molecule has 202 valence electrons. The zero-order valence-corrected chi connectivity index (χ0v) is 23.4. The smallest absolute Gasteiger partial charge is 0.338 e. The zero-order valence-electron chi connectivity index (χ0n) is 22.6. The molecule has 0 unspecified atom stereocenters. The van der Waals surface area contributed by atoms with Crippen molar-refractivity contribution < 1.29 is 22.7 Å². The lowest BCUT2D eigenvalue weighted by Gasteiger charge is -2.39. The van der Waals surface area contributed by atoms with Crippen LogP contribution in [-0.4, -0.2) is 43.7 Å². The number of ketones is 1. The van der Waals surface area contributed by atoms with Gasteiger partial charge in [0.05, 0.1) is 10.5 Å². The standard InChI is InChI=1S/C32H33NO5S/c1-31(2)16-25-17-32(3,19-31)20-33(25)39(36,37)26-9-6-8-24(14-26)30(35)38-18-29(34)23-12-11-22-13-21-7-4-5-10-27(21)28(22)15-23/h4-12,14-15,25H,13,16-20H2,1-3H3/t25-,32+/m0/s1. The van der Waals surface area contributed by atoms with Crippen molar-refractivity contribution in [3.8, 4) is 11.1 Å². The summed E-state index contributed by atoms with van der Waals surface area (Å²) in [5.74, 6) is -1.03. The summed E-state index contributed by atoms with van der Waals surface area (Å²) in [5.41, 5.74) is 5.18. The quantitative estimate of drug-likeness (QED) is 0.224. The monoisotopic (exact) mass is 543 g/mol. The van der Waals surface area contributed by atoms with Crippen LogP contribution in [0.2, 0.25) is 0 Å². The number of carbonyl (C=O) groups excluding carboxylic acids is 2. The lowest BCUT2D eigenvalue weighted by molar-refractivity contribution is 0.0474. The van der Waals surface area contributed by atoms with Gasteiger partial charge in [0, 0.05) is 18.2 Å². The number of ether oxygens (including phenoxy) is 1. The number of benzene rings is 3. The first-order valence-corrected chi connectivity index (χ1v) is 14.9. The lowest BCUT2D eigenvalue weighted by Crippen LogP contribution is -2.37. The first-order chi connectivity index (χ1) is 18.4. The van der Waals surface area contributed by atoms with Gasteiger partial charge in [-0.25, -0.2) is 13.2 Å². The minimum absolute atomic E-state index is 0.0451. The number of sulfonamides is 1. The molecule has 3 aromatic rings. The Balaban J connectivity index is 1.16. The van der Waals surface area contributed by atoms with Crippen LogP contribution in [0.1, 0.15) is 71.9 Å². The highest BCUT2D eigenvalue weighted by atomic mass is 32.2. The molecule has 0 aromatic heterocycles. The third kappa shape index (κ3) is 4.72. The summed E-state index contributed by atoms with van der Waals surface area (Å²) in [6, 6.07) is 19.6. The molecule has 6 nitrogen and oxygen atoms in total. The van der Waals surface area contributed by atoms with Gasteiger partial charge in [-0.15, -0.1) is 0 Å². The fourth-order valence-corrected chi connectivity index (χ4v) is 9.02. The average Bonchev–Trinajstić information content (AvgIpc) is 3.39. The molecule has 0 spiro atoms. The Morgan fingerprint density at radius 2 is 1.67 bits per heavy atom. The molecule has 1 heterocycles. The van der Waals surface area contributed by atoms with Gasteiger partial charge in [0.15, 0.2) is 12.4 Å². The third-order valence-electron chi connectivity index (χ3n) is 8.50. The van der Waals surface area contributed by atoms with Crippen molar-refractivity contribution in [2.75, 3.05) is 13.2 Å². The van der Waals surface area contributed by atoms with E-state index < -0.39 is 22.6 Å². The van der Waals surface area contributed by atoms with E-state index in [0.717, 1.165) is 36.8 Å². The second-order valence-electron chi connectivity index (χ2n) is 12.5. The SMILES string of the molecule is CC1(C)C[C@H]2C[C@@](C)(CN2S(=O)(=O)c2cccc(C(=O)OCC(=O)c3ccc4c(c3)-c3ccccc3C4)c2)C1. The molecular weight excluding hydrogens is 510 g/mol. The highest BCUT2D eigenvalue weighted by Gasteiger charge is 2.53. The third-order valence-corrected chi connectivity index (χ3v) is 10.4. The zero-order chi connectivity index (χ0) is 27.6. The number of esters is 1. The summed E-state index contributed by atoms with van der Waals surface area (Å²) in [6.45, 7) is 6.64. The molecule has 0 amide bonds. The van der Waals surface area contributed by atoms with Gasteiger partial charge in [0.25, 0.3) is 0 Å². The van der Waals surface area contributed by atoms with Crippen LogP contribution in [0.3, 0.4) is 0 Å². The molecule has 2 fully saturated rings. The largest absolute Gasteiger partial charge is 0.454 e. The molecule has 1 saturated heterocycles. The molecule has 0 N–H and O–H groups in total. The summed E-state index contributed by atoms with van der Waals surface area (Å²) in [6.07, 6.45) is 3.50. The van der Waals surface area contributed by atoms with E-state index in [2.05, 4.69) is 26.8 Å². The summed E-state index contributed by atoms with van der Waals surface area (Å²) in [7, 11) is -3.78. The Morgan fingerprint density at radius 3 is 2.49 bits per heavy atom. The number of rotatable bonds is 6. The maximum atomic E-state index is 13.7. The van der Waals surface area contributed by atoms with Crippen LogP contribution < -0.4 is 0 Å². The van der Waals surface area contributed by atoms with Crippen LogP contribution in [0.25, 0.3) is 11.1 Å². The molecule has 2 bridgehead atoms.